The molecule has 3 nitrogen and oxygen atoms in total. The predicted octanol–water partition coefficient (Wildman–Crippen LogP) is 3.36. The number of benzene rings is 1. The minimum absolute atomic E-state index is 0.648. The molecule has 1 aromatic carbocycles. The Hall–Kier alpha value is -1.87. The largest absolute Gasteiger partial charge is 0.492 e. The van der Waals surface area contributed by atoms with Crippen molar-refractivity contribution < 1.29 is 4.74 Å². The summed E-state index contributed by atoms with van der Waals surface area (Å²) in [5.74, 6) is 0.966. The lowest BCUT2D eigenvalue weighted by Crippen LogP contribution is -2.29. The summed E-state index contributed by atoms with van der Waals surface area (Å²) in [6.07, 6.45) is 7.82. The SMILES string of the molecule is c1cc(-c2ccc(OCC3CN3C3CCC3)cc2)ccn1. The molecular formula is C18H20N2O. The van der Waals surface area contributed by atoms with E-state index in [-0.39, 0.29) is 0 Å². The third kappa shape index (κ3) is 2.79. The number of hydrogen-bond acceptors (Lipinski definition) is 3. The molecule has 1 saturated carbocycles. The predicted molar refractivity (Wildman–Crippen MR) is 83.3 cm³/mol. The zero-order chi connectivity index (χ0) is 14.1. The van der Waals surface area contributed by atoms with Gasteiger partial charge in [0.2, 0.25) is 0 Å². The van der Waals surface area contributed by atoms with Crippen LogP contribution in [0.15, 0.2) is 48.8 Å². The summed E-state index contributed by atoms with van der Waals surface area (Å²) >= 11 is 0. The number of pyridine rings is 1. The lowest BCUT2D eigenvalue weighted by molar-refractivity contribution is 0.215. The molecule has 0 bridgehead atoms. The van der Waals surface area contributed by atoms with Gasteiger partial charge in [0.25, 0.3) is 0 Å². The zero-order valence-electron chi connectivity index (χ0n) is 12.1. The second-order valence-corrected chi connectivity index (χ2v) is 6.01. The van der Waals surface area contributed by atoms with E-state index in [9.17, 15) is 0 Å². The molecular weight excluding hydrogens is 260 g/mol. The summed E-state index contributed by atoms with van der Waals surface area (Å²) in [5.41, 5.74) is 2.39. The van der Waals surface area contributed by atoms with Gasteiger partial charge in [-0.05, 0) is 48.2 Å². The van der Waals surface area contributed by atoms with Crippen LogP contribution in [-0.4, -0.2) is 35.1 Å². The summed E-state index contributed by atoms with van der Waals surface area (Å²) in [6.45, 7) is 2.05. The van der Waals surface area contributed by atoms with Crippen molar-refractivity contribution in [3.8, 4) is 16.9 Å². The Morgan fingerprint density at radius 1 is 1.00 bits per heavy atom. The molecule has 21 heavy (non-hydrogen) atoms. The molecule has 2 aliphatic rings. The summed E-state index contributed by atoms with van der Waals surface area (Å²) in [4.78, 5) is 6.63. The van der Waals surface area contributed by atoms with Crippen LogP contribution in [0.5, 0.6) is 5.75 Å². The minimum atomic E-state index is 0.648. The molecule has 3 heteroatoms. The van der Waals surface area contributed by atoms with Crippen molar-refractivity contribution in [1.29, 1.82) is 0 Å². The van der Waals surface area contributed by atoms with E-state index in [0.717, 1.165) is 18.4 Å². The first kappa shape index (κ1) is 12.8. The molecule has 108 valence electrons. The Balaban J connectivity index is 1.32. The molecule has 1 aliphatic heterocycles. The van der Waals surface area contributed by atoms with Crippen LogP contribution >= 0.6 is 0 Å². The van der Waals surface area contributed by atoms with E-state index in [4.69, 9.17) is 4.74 Å². The lowest BCUT2D eigenvalue weighted by atomic mass is 9.93. The first-order chi connectivity index (χ1) is 10.4. The molecule has 0 amide bonds. The van der Waals surface area contributed by atoms with E-state index < -0.39 is 0 Å². The summed E-state index contributed by atoms with van der Waals surface area (Å²) in [6, 6.07) is 13.9. The van der Waals surface area contributed by atoms with Gasteiger partial charge >= 0.3 is 0 Å². The maximum Gasteiger partial charge on any atom is 0.119 e. The fourth-order valence-corrected chi connectivity index (χ4v) is 2.99. The van der Waals surface area contributed by atoms with Crippen molar-refractivity contribution in [3.63, 3.8) is 0 Å². The van der Waals surface area contributed by atoms with E-state index in [2.05, 4.69) is 34.1 Å². The first-order valence-electron chi connectivity index (χ1n) is 7.79. The highest BCUT2D eigenvalue weighted by Gasteiger charge is 2.42. The number of hydrogen-bond donors (Lipinski definition) is 0. The third-order valence-electron chi connectivity index (χ3n) is 4.61. The van der Waals surface area contributed by atoms with E-state index in [0.29, 0.717) is 6.04 Å². The van der Waals surface area contributed by atoms with Crippen molar-refractivity contribution in [2.45, 2.75) is 31.3 Å². The van der Waals surface area contributed by atoms with Crippen molar-refractivity contribution in [3.05, 3.63) is 48.8 Å². The molecule has 2 atom stereocenters. The molecule has 2 unspecified atom stereocenters. The Morgan fingerprint density at radius 2 is 1.71 bits per heavy atom. The summed E-state index contributed by atoms with van der Waals surface area (Å²) in [5, 5.41) is 0. The van der Waals surface area contributed by atoms with Gasteiger partial charge in [-0.1, -0.05) is 18.6 Å². The van der Waals surface area contributed by atoms with Gasteiger partial charge < -0.3 is 4.74 Å². The van der Waals surface area contributed by atoms with Crippen LogP contribution < -0.4 is 4.74 Å². The van der Waals surface area contributed by atoms with Gasteiger partial charge in [0, 0.05) is 25.0 Å². The normalized spacial score (nSPS) is 24.4. The van der Waals surface area contributed by atoms with Crippen molar-refractivity contribution >= 4 is 0 Å². The van der Waals surface area contributed by atoms with Crippen molar-refractivity contribution in [2.75, 3.05) is 13.2 Å². The van der Waals surface area contributed by atoms with Crippen molar-refractivity contribution in [2.24, 2.45) is 0 Å². The van der Waals surface area contributed by atoms with Gasteiger partial charge in [0.15, 0.2) is 0 Å². The zero-order valence-corrected chi connectivity index (χ0v) is 12.1. The number of rotatable bonds is 5. The highest BCUT2D eigenvalue weighted by atomic mass is 16.5. The van der Waals surface area contributed by atoms with Gasteiger partial charge in [-0.2, -0.15) is 0 Å². The van der Waals surface area contributed by atoms with E-state index in [1.54, 1.807) is 0 Å². The topological polar surface area (TPSA) is 25.1 Å². The maximum atomic E-state index is 5.92. The first-order valence-corrected chi connectivity index (χ1v) is 7.79. The monoisotopic (exact) mass is 280 g/mol. The Labute approximate surface area is 125 Å². The standard InChI is InChI=1S/C18H20N2O/c1-2-16(3-1)20-12-17(20)13-21-18-6-4-14(5-7-18)15-8-10-19-11-9-15/h4-11,16-17H,1-3,12-13H2. The molecule has 0 radical (unpaired) electrons. The van der Waals surface area contributed by atoms with E-state index in [1.165, 1.54) is 36.9 Å². The summed E-state index contributed by atoms with van der Waals surface area (Å²) in [7, 11) is 0. The summed E-state index contributed by atoms with van der Waals surface area (Å²) < 4.78 is 5.92. The number of ether oxygens (including phenoxy) is 1. The number of aromatic nitrogens is 1. The Bertz CT molecular complexity index is 592. The molecule has 2 fully saturated rings. The van der Waals surface area contributed by atoms with Gasteiger partial charge in [-0.3, -0.25) is 9.88 Å². The Kier molecular flexibility index (Phi) is 3.36. The second kappa shape index (κ2) is 5.49. The van der Waals surface area contributed by atoms with Gasteiger partial charge in [0.05, 0.1) is 6.04 Å². The van der Waals surface area contributed by atoms with Crippen LogP contribution in [0.25, 0.3) is 11.1 Å². The minimum Gasteiger partial charge on any atom is -0.492 e. The number of nitrogens with zero attached hydrogens (tertiary/aromatic N) is 2. The quantitative estimate of drug-likeness (QED) is 0.785. The van der Waals surface area contributed by atoms with Crippen LogP contribution in [0.2, 0.25) is 0 Å². The van der Waals surface area contributed by atoms with Crippen LogP contribution in [-0.2, 0) is 0 Å². The van der Waals surface area contributed by atoms with Crippen LogP contribution in [0, 0.1) is 0 Å². The molecule has 0 N–H and O–H groups in total. The maximum absolute atomic E-state index is 5.92. The molecule has 0 spiro atoms. The fourth-order valence-electron chi connectivity index (χ4n) is 2.99. The van der Waals surface area contributed by atoms with Crippen LogP contribution in [0.4, 0.5) is 0 Å². The molecule has 1 aromatic heterocycles. The van der Waals surface area contributed by atoms with Gasteiger partial charge in [-0.15, -0.1) is 0 Å². The molecule has 1 saturated heterocycles. The van der Waals surface area contributed by atoms with Crippen molar-refractivity contribution in [1.82, 2.24) is 9.88 Å². The fraction of sp³-hybridized carbons (Fsp3) is 0.389. The highest BCUT2D eigenvalue weighted by Crippen LogP contribution is 2.34. The van der Waals surface area contributed by atoms with E-state index in [1.807, 2.05) is 24.5 Å². The smallest absolute Gasteiger partial charge is 0.119 e. The average molecular weight is 280 g/mol. The molecule has 2 heterocycles. The van der Waals surface area contributed by atoms with Gasteiger partial charge in [-0.25, -0.2) is 0 Å². The van der Waals surface area contributed by atoms with Crippen LogP contribution in [0.3, 0.4) is 0 Å². The third-order valence-corrected chi connectivity index (χ3v) is 4.61. The van der Waals surface area contributed by atoms with E-state index >= 15 is 0 Å². The van der Waals surface area contributed by atoms with Crippen LogP contribution in [0.1, 0.15) is 19.3 Å². The molecule has 4 rings (SSSR count). The molecule has 1 aliphatic carbocycles. The lowest BCUT2D eigenvalue weighted by Gasteiger charge is -2.27. The van der Waals surface area contributed by atoms with Gasteiger partial charge in [0.1, 0.15) is 12.4 Å². The average Bonchev–Trinajstić information content (AvgIpc) is 3.24. The Morgan fingerprint density at radius 3 is 2.38 bits per heavy atom. The highest BCUT2D eigenvalue weighted by molar-refractivity contribution is 5.63. The second-order valence-electron chi connectivity index (χ2n) is 6.01. The molecule has 2 aromatic rings.